The van der Waals surface area contributed by atoms with E-state index in [9.17, 15) is 4.79 Å². The highest BCUT2D eigenvalue weighted by molar-refractivity contribution is 6.13. The van der Waals surface area contributed by atoms with E-state index < -0.39 is 0 Å². The zero-order valence-corrected chi connectivity index (χ0v) is 12.1. The smallest absolute Gasteiger partial charge is 0.166 e. The minimum atomic E-state index is -0.0106. The normalized spacial score (nSPS) is 22.1. The molecule has 1 fully saturated rings. The van der Waals surface area contributed by atoms with Crippen molar-refractivity contribution < 1.29 is 4.79 Å². The second-order valence-electron chi connectivity index (χ2n) is 5.09. The average molecular weight is 274 g/mol. The molecule has 0 aliphatic carbocycles. The Bertz CT molecular complexity index is 482. The molecule has 0 atom stereocenters. The summed E-state index contributed by atoms with van der Waals surface area (Å²) in [5.74, 6) is -0.0106. The lowest BCUT2D eigenvalue weighted by Gasteiger charge is -2.35. The summed E-state index contributed by atoms with van der Waals surface area (Å²) < 4.78 is 0. The molecule has 20 heavy (non-hydrogen) atoms. The van der Waals surface area contributed by atoms with Gasteiger partial charge in [-0.25, -0.2) is 0 Å². The first-order chi connectivity index (χ1) is 9.65. The number of piperazine rings is 1. The van der Waals surface area contributed by atoms with Crippen LogP contribution in [0, 0.1) is 5.41 Å². The number of rotatable bonds is 4. The van der Waals surface area contributed by atoms with Crippen molar-refractivity contribution in [3.05, 3.63) is 35.3 Å². The highest BCUT2D eigenvalue weighted by Gasteiger charge is 2.17. The molecule has 5 nitrogen and oxygen atoms in total. The molecule has 2 rings (SSSR count). The fourth-order valence-corrected chi connectivity index (χ4v) is 2.34. The van der Waals surface area contributed by atoms with Crippen LogP contribution in [0.3, 0.4) is 0 Å². The molecular weight excluding hydrogens is 252 g/mol. The Morgan fingerprint density at radius 2 is 2.05 bits per heavy atom. The van der Waals surface area contributed by atoms with Crippen LogP contribution in [0.4, 0.5) is 0 Å². The number of carbonyl (C=O) groups excluding carboxylic acids is 1. The first-order valence-electron chi connectivity index (χ1n) is 7.02. The van der Waals surface area contributed by atoms with Crippen LogP contribution in [0.25, 0.3) is 0 Å². The third-order valence-corrected chi connectivity index (χ3v) is 3.72. The van der Waals surface area contributed by atoms with E-state index in [0.29, 0.717) is 17.7 Å². The third-order valence-electron chi connectivity index (χ3n) is 3.72. The van der Waals surface area contributed by atoms with Crippen molar-refractivity contribution in [3.63, 3.8) is 0 Å². The second kappa shape index (κ2) is 6.52. The lowest BCUT2D eigenvalue weighted by molar-refractivity contribution is -0.114. The summed E-state index contributed by atoms with van der Waals surface area (Å²) in [5, 5.41) is 10.5. The molecule has 0 aromatic rings. The zero-order chi connectivity index (χ0) is 14.5. The maximum Gasteiger partial charge on any atom is 0.166 e. The molecule has 0 radical (unpaired) electrons. The Morgan fingerprint density at radius 3 is 2.55 bits per heavy atom. The van der Waals surface area contributed by atoms with Crippen molar-refractivity contribution in [2.24, 2.45) is 0 Å². The van der Waals surface area contributed by atoms with E-state index in [4.69, 9.17) is 5.41 Å². The highest BCUT2D eigenvalue weighted by Crippen LogP contribution is 2.16. The number of ketones is 1. The van der Waals surface area contributed by atoms with Gasteiger partial charge in [-0.3, -0.25) is 4.79 Å². The van der Waals surface area contributed by atoms with Crippen LogP contribution in [-0.2, 0) is 4.79 Å². The van der Waals surface area contributed by atoms with Crippen molar-refractivity contribution in [1.82, 2.24) is 15.1 Å². The SMILES string of the molecule is CCC(=O)/C(C=N)=C1\C=CC(N2CCN(C)CC2)=CN1. The van der Waals surface area contributed by atoms with E-state index in [1.165, 1.54) is 0 Å². The van der Waals surface area contributed by atoms with Crippen LogP contribution in [0.1, 0.15) is 13.3 Å². The zero-order valence-electron chi connectivity index (χ0n) is 12.1. The van der Waals surface area contributed by atoms with Gasteiger partial charge in [-0.1, -0.05) is 6.92 Å². The average Bonchev–Trinajstić information content (AvgIpc) is 2.49. The maximum absolute atomic E-state index is 11.7. The van der Waals surface area contributed by atoms with Crippen LogP contribution < -0.4 is 5.32 Å². The van der Waals surface area contributed by atoms with E-state index in [1.807, 2.05) is 25.3 Å². The standard InChI is InChI=1S/C15H22N4O/c1-3-15(20)13(10-16)14-5-4-12(11-17-14)19-8-6-18(2)7-9-19/h4-5,10-11,16-17H,3,6-9H2,1-2H3/b14-13+,16-10?. The molecule has 2 aliphatic rings. The molecule has 2 N–H and O–H groups in total. The van der Waals surface area contributed by atoms with Gasteiger partial charge in [-0.05, 0) is 19.2 Å². The molecule has 0 aromatic carbocycles. The number of likely N-dealkylation sites (N-methyl/N-ethyl adjacent to an activating group) is 1. The quantitative estimate of drug-likeness (QED) is 0.596. The summed E-state index contributed by atoms with van der Waals surface area (Å²) in [4.78, 5) is 16.4. The highest BCUT2D eigenvalue weighted by atomic mass is 16.1. The lowest BCUT2D eigenvalue weighted by atomic mass is 10.1. The van der Waals surface area contributed by atoms with Crippen molar-refractivity contribution in [2.45, 2.75) is 13.3 Å². The predicted molar refractivity (Wildman–Crippen MR) is 80.5 cm³/mol. The number of allylic oxidation sites excluding steroid dienone is 3. The van der Waals surface area contributed by atoms with Crippen molar-refractivity contribution in [1.29, 1.82) is 5.41 Å². The maximum atomic E-state index is 11.7. The van der Waals surface area contributed by atoms with Crippen molar-refractivity contribution >= 4 is 12.0 Å². The molecule has 5 heteroatoms. The lowest BCUT2D eigenvalue weighted by Crippen LogP contribution is -2.44. The minimum absolute atomic E-state index is 0.0106. The van der Waals surface area contributed by atoms with Crippen molar-refractivity contribution in [3.8, 4) is 0 Å². The molecule has 0 spiro atoms. The Kier molecular flexibility index (Phi) is 4.74. The number of hydrogen-bond acceptors (Lipinski definition) is 5. The van der Waals surface area contributed by atoms with Crippen LogP contribution in [0.15, 0.2) is 35.3 Å². The van der Waals surface area contributed by atoms with E-state index >= 15 is 0 Å². The number of nitrogens with one attached hydrogen (secondary N) is 2. The van der Waals surface area contributed by atoms with Gasteiger partial charge in [0, 0.05) is 45.0 Å². The summed E-state index contributed by atoms with van der Waals surface area (Å²) in [6.45, 7) is 5.96. The summed E-state index contributed by atoms with van der Waals surface area (Å²) in [6.07, 6.45) is 7.38. The van der Waals surface area contributed by atoms with E-state index in [0.717, 1.165) is 38.1 Å². The molecule has 2 heterocycles. The molecule has 2 aliphatic heterocycles. The monoisotopic (exact) mass is 274 g/mol. The van der Waals surface area contributed by atoms with Gasteiger partial charge in [0.1, 0.15) is 0 Å². The van der Waals surface area contributed by atoms with Crippen LogP contribution in [-0.4, -0.2) is 55.0 Å². The fourth-order valence-electron chi connectivity index (χ4n) is 2.34. The van der Waals surface area contributed by atoms with Gasteiger partial charge in [0.05, 0.1) is 17.0 Å². The van der Waals surface area contributed by atoms with Gasteiger partial charge in [0.2, 0.25) is 0 Å². The fraction of sp³-hybridized carbons (Fsp3) is 0.467. The molecule has 0 bridgehead atoms. The first kappa shape index (κ1) is 14.5. The van der Waals surface area contributed by atoms with Crippen molar-refractivity contribution in [2.75, 3.05) is 33.2 Å². The second-order valence-corrected chi connectivity index (χ2v) is 5.09. The summed E-state index contributed by atoms with van der Waals surface area (Å²) in [7, 11) is 2.13. The predicted octanol–water partition coefficient (Wildman–Crippen LogP) is 1.12. The number of dihydropyridines is 1. The molecule has 0 unspecified atom stereocenters. The van der Waals surface area contributed by atoms with Gasteiger partial charge < -0.3 is 20.5 Å². The molecule has 0 aromatic heterocycles. The molecule has 108 valence electrons. The topological polar surface area (TPSA) is 59.4 Å². The molecule has 0 amide bonds. The summed E-state index contributed by atoms with van der Waals surface area (Å²) in [5.41, 5.74) is 2.29. The molecule has 1 saturated heterocycles. The van der Waals surface area contributed by atoms with Gasteiger partial charge in [-0.2, -0.15) is 0 Å². The first-order valence-corrected chi connectivity index (χ1v) is 7.02. The molecular formula is C15H22N4O. The number of Topliss-reactive ketones (excluding diaryl/α,β-unsaturated/α-hetero) is 1. The number of hydrogen-bond donors (Lipinski definition) is 2. The Labute approximate surface area is 120 Å². The van der Waals surface area contributed by atoms with Gasteiger partial charge in [0.25, 0.3) is 0 Å². The summed E-state index contributed by atoms with van der Waals surface area (Å²) in [6, 6.07) is 0. The van der Waals surface area contributed by atoms with Crippen LogP contribution in [0.5, 0.6) is 0 Å². The Balaban J connectivity index is 2.07. The van der Waals surface area contributed by atoms with E-state index in [2.05, 4.69) is 22.2 Å². The number of nitrogens with zero attached hydrogens (tertiary/aromatic N) is 2. The minimum Gasteiger partial charge on any atom is -0.368 e. The van der Waals surface area contributed by atoms with E-state index in [-0.39, 0.29) is 5.78 Å². The van der Waals surface area contributed by atoms with Gasteiger partial charge in [0.15, 0.2) is 5.78 Å². The Morgan fingerprint density at radius 1 is 1.35 bits per heavy atom. The van der Waals surface area contributed by atoms with Gasteiger partial charge in [-0.15, -0.1) is 0 Å². The number of carbonyl (C=O) groups is 1. The largest absolute Gasteiger partial charge is 0.368 e. The molecule has 0 saturated carbocycles. The van der Waals surface area contributed by atoms with Gasteiger partial charge >= 0.3 is 0 Å². The van der Waals surface area contributed by atoms with E-state index in [1.54, 1.807) is 0 Å². The summed E-state index contributed by atoms with van der Waals surface area (Å²) >= 11 is 0. The third kappa shape index (κ3) is 3.17. The Hall–Kier alpha value is -1.88. The van der Waals surface area contributed by atoms with Crippen LogP contribution in [0.2, 0.25) is 0 Å². The van der Waals surface area contributed by atoms with Crippen LogP contribution >= 0.6 is 0 Å².